The van der Waals surface area contributed by atoms with Crippen LogP contribution in [0.3, 0.4) is 0 Å². The molecule has 0 spiro atoms. The molecule has 0 atom stereocenters. The Balaban J connectivity index is 1.77. The minimum Gasteiger partial charge on any atom is -0.381 e. The second kappa shape index (κ2) is 5.79. The fourth-order valence-electron chi connectivity index (χ4n) is 2.90. The number of nitrogens with one attached hydrogen (secondary N) is 1. The van der Waals surface area contributed by atoms with Crippen LogP contribution in [0.15, 0.2) is 42.5 Å². The average molecular weight is 262 g/mol. The maximum atomic E-state index is 8.93. The first-order valence-electron chi connectivity index (χ1n) is 7.20. The lowest BCUT2D eigenvalue weighted by molar-refractivity contribution is 0.686. The van der Waals surface area contributed by atoms with Crippen LogP contribution in [0.5, 0.6) is 0 Å². The number of aryl methyl sites for hydroxylation is 1. The van der Waals surface area contributed by atoms with E-state index in [1.54, 1.807) is 0 Å². The summed E-state index contributed by atoms with van der Waals surface area (Å²) < 4.78 is 0. The number of hydrogen-bond acceptors (Lipinski definition) is 2. The van der Waals surface area contributed by atoms with Crippen LogP contribution in [-0.2, 0) is 19.4 Å². The number of fused-ring (bicyclic) bond motifs is 1. The molecule has 0 saturated heterocycles. The van der Waals surface area contributed by atoms with E-state index in [9.17, 15) is 0 Å². The van der Waals surface area contributed by atoms with Crippen molar-refractivity contribution in [3.63, 3.8) is 0 Å². The highest BCUT2D eigenvalue weighted by atomic mass is 14.9. The molecule has 0 unspecified atom stereocenters. The first-order valence-corrected chi connectivity index (χ1v) is 7.20. The molecule has 0 fully saturated rings. The van der Waals surface area contributed by atoms with Crippen LogP contribution in [0.2, 0.25) is 0 Å². The van der Waals surface area contributed by atoms with Gasteiger partial charge in [-0.3, -0.25) is 0 Å². The second-order valence-electron chi connectivity index (χ2n) is 5.32. The Kier molecular flexibility index (Phi) is 3.69. The molecule has 2 heteroatoms. The lowest BCUT2D eigenvalue weighted by Gasteiger charge is -2.20. The summed E-state index contributed by atoms with van der Waals surface area (Å²) in [4.78, 5) is 0. The quantitative estimate of drug-likeness (QED) is 0.905. The van der Waals surface area contributed by atoms with Gasteiger partial charge >= 0.3 is 0 Å². The minimum atomic E-state index is 0.722. The molecule has 0 bridgehead atoms. The van der Waals surface area contributed by atoms with E-state index >= 15 is 0 Å². The third-order valence-corrected chi connectivity index (χ3v) is 3.93. The van der Waals surface area contributed by atoms with Crippen LogP contribution in [0.4, 0.5) is 5.69 Å². The van der Waals surface area contributed by atoms with E-state index < -0.39 is 0 Å². The van der Waals surface area contributed by atoms with Crippen molar-refractivity contribution in [3.8, 4) is 6.07 Å². The van der Waals surface area contributed by atoms with E-state index in [0.717, 1.165) is 17.7 Å². The van der Waals surface area contributed by atoms with Crippen molar-refractivity contribution in [1.29, 1.82) is 5.26 Å². The molecular weight excluding hydrogens is 244 g/mol. The summed E-state index contributed by atoms with van der Waals surface area (Å²) in [5.41, 5.74) is 6.10. The average Bonchev–Trinajstić information content (AvgIpc) is 2.53. The molecule has 0 radical (unpaired) electrons. The van der Waals surface area contributed by atoms with Gasteiger partial charge in [0.1, 0.15) is 0 Å². The first kappa shape index (κ1) is 12.7. The van der Waals surface area contributed by atoms with Gasteiger partial charge in [0.15, 0.2) is 0 Å². The van der Waals surface area contributed by atoms with Gasteiger partial charge in [-0.15, -0.1) is 0 Å². The maximum Gasteiger partial charge on any atom is 0.0991 e. The van der Waals surface area contributed by atoms with Gasteiger partial charge in [0.05, 0.1) is 11.6 Å². The molecule has 0 aliphatic heterocycles. The Morgan fingerprint density at radius 2 is 1.90 bits per heavy atom. The SMILES string of the molecule is N#Cc1cccc(CNc2cccc3c2CCCC3)c1. The summed E-state index contributed by atoms with van der Waals surface area (Å²) in [6.45, 7) is 0.770. The van der Waals surface area contributed by atoms with Crippen molar-refractivity contribution in [2.45, 2.75) is 32.2 Å². The van der Waals surface area contributed by atoms with E-state index in [0.29, 0.717) is 0 Å². The molecular formula is C18H18N2. The number of hydrogen-bond donors (Lipinski definition) is 1. The number of benzene rings is 2. The van der Waals surface area contributed by atoms with Crippen molar-refractivity contribution in [3.05, 3.63) is 64.7 Å². The first-order chi connectivity index (χ1) is 9.86. The van der Waals surface area contributed by atoms with E-state index in [4.69, 9.17) is 5.26 Å². The van der Waals surface area contributed by atoms with Gasteiger partial charge in [-0.05, 0) is 60.6 Å². The Bertz CT molecular complexity index is 653. The fourth-order valence-corrected chi connectivity index (χ4v) is 2.90. The van der Waals surface area contributed by atoms with Crippen LogP contribution in [0.25, 0.3) is 0 Å². The summed E-state index contributed by atoms with van der Waals surface area (Å²) >= 11 is 0. The number of nitriles is 1. The zero-order valence-electron chi connectivity index (χ0n) is 11.5. The molecule has 0 amide bonds. The summed E-state index contributed by atoms with van der Waals surface area (Å²) in [5.74, 6) is 0. The van der Waals surface area contributed by atoms with Crippen LogP contribution in [-0.4, -0.2) is 0 Å². The Morgan fingerprint density at radius 1 is 1.05 bits per heavy atom. The molecule has 20 heavy (non-hydrogen) atoms. The monoisotopic (exact) mass is 262 g/mol. The number of rotatable bonds is 3. The van der Waals surface area contributed by atoms with Crippen LogP contribution >= 0.6 is 0 Å². The summed E-state index contributed by atoms with van der Waals surface area (Å²) in [5, 5.41) is 12.5. The fraction of sp³-hybridized carbons (Fsp3) is 0.278. The van der Waals surface area contributed by atoms with Gasteiger partial charge in [0.25, 0.3) is 0 Å². The lowest BCUT2D eigenvalue weighted by atomic mass is 9.90. The van der Waals surface area contributed by atoms with Gasteiger partial charge < -0.3 is 5.32 Å². The topological polar surface area (TPSA) is 35.8 Å². The Morgan fingerprint density at radius 3 is 2.80 bits per heavy atom. The van der Waals surface area contributed by atoms with Gasteiger partial charge in [-0.25, -0.2) is 0 Å². The highest BCUT2D eigenvalue weighted by molar-refractivity contribution is 5.56. The molecule has 1 aliphatic rings. The minimum absolute atomic E-state index is 0.722. The molecule has 1 N–H and O–H groups in total. The van der Waals surface area contributed by atoms with E-state index in [-0.39, 0.29) is 0 Å². The smallest absolute Gasteiger partial charge is 0.0991 e. The normalized spacial score (nSPS) is 13.3. The van der Waals surface area contributed by atoms with Crippen molar-refractivity contribution >= 4 is 5.69 Å². The summed E-state index contributed by atoms with van der Waals surface area (Å²) in [6, 6.07) is 16.5. The maximum absolute atomic E-state index is 8.93. The molecule has 0 aromatic heterocycles. The van der Waals surface area contributed by atoms with Crippen molar-refractivity contribution in [2.24, 2.45) is 0 Å². The predicted octanol–water partition coefficient (Wildman–Crippen LogP) is 4.05. The Labute approximate surface area is 120 Å². The van der Waals surface area contributed by atoms with E-state index in [1.165, 1.54) is 42.5 Å². The molecule has 3 rings (SSSR count). The molecule has 0 saturated carbocycles. The van der Waals surface area contributed by atoms with Crippen molar-refractivity contribution in [2.75, 3.05) is 5.32 Å². The zero-order valence-corrected chi connectivity index (χ0v) is 11.5. The molecule has 2 aromatic rings. The largest absolute Gasteiger partial charge is 0.381 e. The highest BCUT2D eigenvalue weighted by Gasteiger charge is 2.12. The number of anilines is 1. The molecule has 1 aliphatic carbocycles. The molecule has 2 aromatic carbocycles. The van der Waals surface area contributed by atoms with Gasteiger partial charge in [0.2, 0.25) is 0 Å². The third-order valence-electron chi connectivity index (χ3n) is 3.93. The third kappa shape index (κ3) is 2.67. The lowest BCUT2D eigenvalue weighted by Crippen LogP contribution is -2.08. The molecule has 100 valence electrons. The highest BCUT2D eigenvalue weighted by Crippen LogP contribution is 2.28. The van der Waals surface area contributed by atoms with Crippen LogP contribution in [0.1, 0.15) is 35.1 Å². The van der Waals surface area contributed by atoms with E-state index in [2.05, 4.69) is 35.7 Å². The summed E-state index contributed by atoms with van der Waals surface area (Å²) in [6.07, 6.45) is 4.97. The second-order valence-corrected chi connectivity index (χ2v) is 5.32. The zero-order chi connectivity index (χ0) is 13.8. The standard InChI is InChI=1S/C18H18N2/c19-12-14-5-3-6-15(11-14)13-20-18-10-4-8-16-7-1-2-9-17(16)18/h3-6,8,10-11,20H,1-2,7,9,13H2. The predicted molar refractivity (Wildman–Crippen MR) is 81.6 cm³/mol. The van der Waals surface area contributed by atoms with Crippen molar-refractivity contribution in [1.82, 2.24) is 0 Å². The van der Waals surface area contributed by atoms with Crippen molar-refractivity contribution < 1.29 is 0 Å². The van der Waals surface area contributed by atoms with Crippen LogP contribution < -0.4 is 5.32 Å². The number of nitrogens with zero attached hydrogens (tertiary/aromatic N) is 1. The Hall–Kier alpha value is -2.27. The van der Waals surface area contributed by atoms with Gasteiger partial charge in [-0.2, -0.15) is 5.26 Å². The van der Waals surface area contributed by atoms with E-state index in [1.807, 2.05) is 18.2 Å². The van der Waals surface area contributed by atoms with Gasteiger partial charge in [-0.1, -0.05) is 24.3 Å². The molecule has 2 nitrogen and oxygen atoms in total. The van der Waals surface area contributed by atoms with Gasteiger partial charge in [0, 0.05) is 12.2 Å². The van der Waals surface area contributed by atoms with Crippen LogP contribution in [0, 0.1) is 11.3 Å². The summed E-state index contributed by atoms with van der Waals surface area (Å²) in [7, 11) is 0. The molecule has 0 heterocycles.